The largest absolute Gasteiger partial charge is 0.459 e. The first-order valence-corrected chi connectivity index (χ1v) is 13.5. The number of allylic oxidation sites excluding steroid dienone is 1. The monoisotopic (exact) mass is 428 g/mol. The van der Waals surface area contributed by atoms with Gasteiger partial charge in [-0.05, 0) is 64.4 Å². The fourth-order valence-electron chi connectivity index (χ4n) is 3.82. The molecule has 1 fully saturated rings. The molecule has 162 valence electrons. The topological polar surface area (TPSA) is 35.5 Å². The van der Waals surface area contributed by atoms with Crippen molar-refractivity contribution in [1.29, 1.82) is 0 Å². The molecule has 0 bridgehead atoms. The Bertz CT molecular complexity index is 721. The standard InChI is InChI=1S/C22H31F3O3Si/c1-16(2)15-21(22(23,24)25,28-29(3,4)5)20(26)27-19-14-10-9-13-18(19)17-11-7-6-8-12-17/h6-8,11-12,15,18-19H,9-10,13-14H2,1-5H3/t18-,19+,21-/m1/s1. The van der Waals surface area contributed by atoms with Gasteiger partial charge >= 0.3 is 12.1 Å². The third kappa shape index (κ3) is 5.95. The van der Waals surface area contributed by atoms with Crippen molar-refractivity contribution in [1.82, 2.24) is 0 Å². The van der Waals surface area contributed by atoms with E-state index in [9.17, 15) is 18.0 Å². The minimum Gasteiger partial charge on any atom is -0.459 e. The lowest BCUT2D eigenvalue weighted by Gasteiger charge is -2.39. The van der Waals surface area contributed by atoms with E-state index < -0.39 is 32.2 Å². The van der Waals surface area contributed by atoms with Crippen molar-refractivity contribution in [2.75, 3.05) is 0 Å². The highest BCUT2D eigenvalue weighted by Crippen LogP contribution is 2.42. The minimum absolute atomic E-state index is 0.113. The number of hydrogen-bond acceptors (Lipinski definition) is 3. The Kier molecular flexibility index (Phi) is 7.38. The quantitative estimate of drug-likeness (QED) is 0.300. The second kappa shape index (κ2) is 9.04. The van der Waals surface area contributed by atoms with Crippen LogP contribution in [0.15, 0.2) is 42.0 Å². The van der Waals surface area contributed by atoms with Gasteiger partial charge in [0.2, 0.25) is 0 Å². The highest BCUT2D eigenvalue weighted by molar-refractivity contribution is 6.70. The van der Waals surface area contributed by atoms with Gasteiger partial charge in [0, 0.05) is 5.92 Å². The van der Waals surface area contributed by atoms with Crippen molar-refractivity contribution < 1.29 is 27.1 Å². The van der Waals surface area contributed by atoms with E-state index in [1.807, 2.05) is 30.3 Å². The molecule has 0 aliphatic heterocycles. The number of carbonyl (C=O) groups is 1. The zero-order valence-electron chi connectivity index (χ0n) is 17.8. The third-order valence-electron chi connectivity index (χ3n) is 4.87. The predicted octanol–water partition coefficient (Wildman–Crippen LogP) is 6.37. The lowest BCUT2D eigenvalue weighted by molar-refractivity contribution is -0.243. The van der Waals surface area contributed by atoms with Crippen LogP contribution in [0.3, 0.4) is 0 Å². The van der Waals surface area contributed by atoms with Crippen LogP contribution in [0.5, 0.6) is 0 Å². The van der Waals surface area contributed by atoms with Gasteiger partial charge < -0.3 is 9.16 Å². The van der Waals surface area contributed by atoms with Crippen molar-refractivity contribution in [3.8, 4) is 0 Å². The van der Waals surface area contributed by atoms with Crippen LogP contribution in [0.1, 0.15) is 51.0 Å². The average molecular weight is 429 g/mol. The smallest absolute Gasteiger partial charge is 0.431 e. The van der Waals surface area contributed by atoms with Gasteiger partial charge in [0.05, 0.1) is 0 Å². The fourth-order valence-corrected chi connectivity index (χ4v) is 5.04. The lowest BCUT2D eigenvalue weighted by Crippen LogP contribution is -2.59. The molecule has 3 atom stereocenters. The first kappa shape index (κ1) is 23.7. The van der Waals surface area contributed by atoms with Crippen LogP contribution < -0.4 is 0 Å². The van der Waals surface area contributed by atoms with Crippen LogP contribution in [0.25, 0.3) is 0 Å². The van der Waals surface area contributed by atoms with Crippen LogP contribution in [-0.4, -0.2) is 32.2 Å². The summed E-state index contributed by atoms with van der Waals surface area (Å²) in [6, 6.07) is 9.53. The molecular formula is C22H31F3O3Si. The first-order chi connectivity index (χ1) is 13.4. The molecule has 1 aliphatic rings. The zero-order chi connectivity index (χ0) is 21.9. The number of carbonyl (C=O) groups excluding carboxylic acids is 1. The maximum atomic E-state index is 14.2. The number of benzene rings is 1. The molecule has 0 aromatic heterocycles. The minimum atomic E-state index is -4.92. The molecule has 3 nitrogen and oxygen atoms in total. The normalized spacial score (nSPS) is 22.5. The van der Waals surface area contributed by atoms with Crippen molar-refractivity contribution in [3.63, 3.8) is 0 Å². The molecule has 0 N–H and O–H groups in total. The summed E-state index contributed by atoms with van der Waals surface area (Å²) in [7, 11) is -2.74. The molecule has 0 spiro atoms. The third-order valence-corrected chi connectivity index (χ3v) is 5.81. The fraction of sp³-hybridized carbons (Fsp3) is 0.591. The summed E-state index contributed by atoms with van der Waals surface area (Å²) >= 11 is 0. The Hall–Kier alpha value is -1.60. The average Bonchev–Trinajstić information content (AvgIpc) is 2.59. The van der Waals surface area contributed by atoms with Gasteiger partial charge in [-0.15, -0.1) is 0 Å². The number of esters is 1. The van der Waals surface area contributed by atoms with Gasteiger partial charge in [-0.3, -0.25) is 0 Å². The Morgan fingerprint density at radius 2 is 1.66 bits per heavy atom. The molecule has 2 rings (SSSR count). The summed E-state index contributed by atoms with van der Waals surface area (Å²) in [6.07, 6.45) is -1.56. The number of halogens is 3. The van der Waals surface area contributed by atoms with Gasteiger partial charge in [0.1, 0.15) is 6.10 Å². The Labute approximate surface area is 172 Å². The van der Waals surface area contributed by atoms with Crippen LogP contribution >= 0.6 is 0 Å². The molecule has 0 unspecified atom stereocenters. The summed E-state index contributed by atoms with van der Waals surface area (Å²) < 4.78 is 53.8. The SMILES string of the molecule is CC(C)=C[C@@](O[Si](C)(C)C)(C(=O)O[C@H]1CCCC[C@@H]1c1ccccc1)C(F)(F)F. The molecule has 7 heteroatoms. The van der Waals surface area contributed by atoms with Gasteiger partial charge in [-0.25, -0.2) is 4.79 Å². The molecule has 1 saturated carbocycles. The van der Waals surface area contributed by atoms with Crippen molar-refractivity contribution in [2.45, 2.75) is 83.0 Å². The van der Waals surface area contributed by atoms with Gasteiger partial charge in [0.15, 0.2) is 8.32 Å². The van der Waals surface area contributed by atoms with Gasteiger partial charge in [-0.1, -0.05) is 42.3 Å². The van der Waals surface area contributed by atoms with Gasteiger partial charge in [0.25, 0.3) is 5.60 Å². The molecule has 0 heterocycles. The number of ether oxygens (including phenoxy) is 1. The van der Waals surface area contributed by atoms with Crippen molar-refractivity contribution in [3.05, 3.63) is 47.5 Å². The van der Waals surface area contributed by atoms with E-state index in [0.717, 1.165) is 30.9 Å². The summed E-state index contributed by atoms with van der Waals surface area (Å²) in [6.45, 7) is 7.94. The maximum absolute atomic E-state index is 14.2. The Morgan fingerprint density at radius 3 is 2.17 bits per heavy atom. The Balaban J connectivity index is 2.40. The van der Waals surface area contributed by atoms with Gasteiger partial charge in [-0.2, -0.15) is 13.2 Å². The van der Waals surface area contributed by atoms with Crippen molar-refractivity contribution >= 4 is 14.3 Å². The van der Waals surface area contributed by atoms with Crippen LogP contribution in [0, 0.1) is 0 Å². The highest BCUT2D eigenvalue weighted by atomic mass is 28.4. The first-order valence-electron chi connectivity index (χ1n) is 10.0. The summed E-state index contributed by atoms with van der Waals surface area (Å²) in [5.41, 5.74) is -1.74. The lowest BCUT2D eigenvalue weighted by atomic mass is 9.81. The number of alkyl halides is 3. The molecule has 1 aromatic carbocycles. The van der Waals surface area contributed by atoms with Crippen molar-refractivity contribution in [2.24, 2.45) is 0 Å². The molecular weight excluding hydrogens is 397 g/mol. The molecule has 29 heavy (non-hydrogen) atoms. The van der Waals surface area contributed by atoms with E-state index in [4.69, 9.17) is 9.16 Å². The number of hydrogen-bond donors (Lipinski definition) is 0. The summed E-state index contributed by atoms with van der Waals surface area (Å²) in [5.74, 6) is -1.47. The van der Waals surface area contributed by atoms with E-state index >= 15 is 0 Å². The van der Waals surface area contributed by atoms with E-state index in [1.54, 1.807) is 19.6 Å². The Morgan fingerprint density at radius 1 is 1.07 bits per heavy atom. The highest BCUT2D eigenvalue weighted by Gasteiger charge is 2.63. The van der Waals surface area contributed by atoms with E-state index in [1.165, 1.54) is 13.8 Å². The predicted molar refractivity (Wildman–Crippen MR) is 110 cm³/mol. The van der Waals surface area contributed by atoms with E-state index in [2.05, 4.69) is 0 Å². The molecule has 1 aliphatic carbocycles. The summed E-state index contributed by atoms with van der Waals surface area (Å²) in [5, 5.41) is 0. The molecule has 0 radical (unpaired) electrons. The molecule has 0 amide bonds. The second-order valence-corrected chi connectivity index (χ2v) is 13.3. The van der Waals surface area contributed by atoms with E-state index in [0.29, 0.717) is 12.0 Å². The summed E-state index contributed by atoms with van der Waals surface area (Å²) in [4.78, 5) is 13.1. The molecule has 1 aromatic rings. The van der Waals surface area contributed by atoms with E-state index in [-0.39, 0.29) is 5.92 Å². The zero-order valence-corrected chi connectivity index (χ0v) is 18.8. The molecule has 0 saturated heterocycles. The van der Waals surface area contributed by atoms with Crippen LogP contribution in [0.2, 0.25) is 19.6 Å². The van der Waals surface area contributed by atoms with Crippen LogP contribution in [0.4, 0.5) is 13.2 Å². The number of rotatable bonds is 6. The van der Waals surface area contributed by atoms with Crippen LogP contribution in [-0.2, 0) is 14.0 Å². The second-order valence-electron chi connectivity index (χ2n) is 8.91. The maximum Gasteiger partial charge on any atom is 0.431 e.